The smallest absolute Gasteiger partial charge is 0.351 e. The Morgan fingerprint density at radius 3 is 2.61 bits per heavy atom. The summed E-state index contributed by atoms with van der Waals surface area (Å²) in [6, 6.07) is 4.72. The molecule has 0 aliphatic rings. The van der Waals surface area contributed by atoms with E-state index in [-0.39, 0.29) is 18.9 Å². The second-order valence-electron chi connectivity index (χ2n) is 3.67. The monoisotopic (exact) mass is 321 g/mol. The fourth-order valence-corrected chi connectivity index (χ4v) is 1.44. The fraction of sp³-hybridized carbons (Fsp3) is 0.250. The normalized spacial score (nSPS) is 11.1. The molecule has 0 radical (unpaired) electrons. The average molecular weight is 322 g/mol. The molecule has 0 saturated heterocycles. The Labute approximate surface area is 111 Å². The lowest BCUT2D eigenvalue weighted by Crippen LogP contribution is -2.26. The molecule has 0 unspecified atom stereocenters. The molecule has 0 fully saturated rings. The van der Waals surface area contributed by atoms with E-state index in [0.29, 0.717) is 10.0 Å². The molecule has 98 valence electrons. The van der Waals surface area contributed by atoms with Gasteiger partial charge in [0, 0.05) is 11.0 Å². The third-order valence-electron chi connectivity index (χ3n) is 2.10. The molecule has 0 heterocycles. The predicted octanol–water partition coefficient (Wildman–Crippen LogP) is 3.27. The third-order valence-corrected chi connectivity index (χ3v) is 2.38. The molecule has 0 aliphatic heterocycles. The first-order valence-electron chi connectivity index (χ1n) is 5.05. The van der Waals surface area contributed by atoms with Gasteiger partial charge in [0.15, 0.2) is 0 Å². The van der Waals surface area contributed by atoms with Gasteiger partial charge in [-0.05, 0) is 11.6 Å². The number of carbonyl (C=O) groups excluding carboxylic acids is 1. The number of alkyl halides is 3. The minimum absolute atomic E-state index is 0.0931. The largest absolute Gasteiger partial charge is 0.416 e. The Hall–Kier alpha value is -1.30. The maximum absolute atomic E-state index is 12.4. The number of benzene rings is 1. The quantitative estimate of drug-likeness (QED) is 0.906. The first kappa shape index (κ1) is 14.8. The molecule has 1 rings (SSSR count). The van der Waals surface area contributed by atoms with Crippen LogP contribution in [0.3, 0.4) is 0 Å². The molecule has 1 aromatic rings. The van der Waals surface area contributed by atoms with Crippen LogP contribution >= 0.6 is 15.9 Å². The van der Waals surface area contributed by atoms with Gasteiger partial charge in [-0.25, -0.2) is 0 Å². The number of hydrogen-bond acceptors (Lipinski definition) is 1. The van der Waals surface area contributed by atoms with Gasteiger partial charge in [-0.3, -0.25) is 4.79 Å². The van der Waals surface area contributed by atoms with E-state index in [4.69, 9.17) is 0 Å². The topological polar surface area (TPSA) is 29.1 Å². The molecule has 0 aliphatic carbocycles. The Kier molecular flexibility index (Phi) is 4.95. The number of amides is 1. The summed E-state index contributed by atoms with van der Waals surface area (Å²) in [4.78, 5) is 11.4. The summed E-state index contributed by atoms with van der Waals surface area (Å²) in [5, 5.41) is 2.52. The Morgan fingerprint density at radius 2 is 2.06 bits per heavy atom. The zero-order chi connectivity index (χ0) is 13.8. The van der Waals surface area contributed by atoms with Gasteiger partial charge in [-0.2, -0.15) is 13.2 Å². The molecule has 0 atom stereocenters. The summed E-state index contributed by atoms with van der Waals surface area (Å²) in [6.07, 6.45) is -4.49. The van der Waals surface area contributed by atoms with Crippen molar-refractivity contribution in [2.24, 2.45) is 0 Å². The third kappa shape index (κ3) is 4.91. The first-order chi connectivity index (χ1) is 8.29. The molecule has 2 nitrogen and oxygen atoms in total. The number of hydrogen-bond donors (Lipinski definition) is 1. The molecule has 1 amide bonds. The van der Waals surface area contributed by atoms with E-state index in [0.717, 1.165) is 12.1 Å². The average Bonchev–Trinajstić information content (AvgIpc) is 2.25. The molecule has 18 heavy (non-hydrogen) atoms. The lowest BCUT2D eigenvalue weighted by atomic mass is 10.1. The zero-order valence-corrected chi connectivity index (χ0v) is 10.9. The minimum Gasteiger partial charge on any atom is -0.351 e. The first-order valence-corrected chi connectivity index (χ1v) is 5.84. The highest BCUT2D eigenvalue weighted by atomic mass is 79.9. The van der Waals surface area contributed by atoms with Crippen molar-refractivity contribution in [3.05, 3.63) is 46.5 Å². The summed E-state index contributed by atoms with van der Waals surface area (Å²) in [5.41, 5.74) is -0.430. The number of carbonyl (C=O) groups is 1. The van der Waals surface area contributed by atoms with E-state index in [1.54, 1.807) is 0 Å². The summed E-state index contributed by atoms with van der Waals surface area (Å²) >= 11 is 3.07. The van der Waals surface area contributed by atoms with Gasteiger partial charge < -0.3 is 5.32 Å². The SMILES string of the molecule is C=C(Br)CNC(=O)Cc1cccc(C(F)(F)F)c1. The van der Waals surface area contributed by atoms with Crippen LogP contribution in [-0.4, -0.2) is 12.5 Å². The van der Waals surface area contributed by atoms with E-state index >= 15 is 0 Å². The standard InChI is InChI=1S/C12H11BrF3NO/c1-8(13)7-17-11(18)6-9-3-2-4-10(5-9)12(14,15)16/h2-5H,1,6-7H2,(H,17,18). The van der Waals surface area contributed by atoms with Crippen LogP contribution in [-0.2, 0) is 17.4 Å². The molecule has 0 spiro atoms. The summed E-state index contributed by atoms with van der Waals surface area (Å²) in [6.45, 7) is 3.78. The second-order valence-corrected chi connectivity index (χ2v) is 4.79. The Bertz CT molecular complexity index is 457. The van der Waals surface area contributed by atoms with Crippen molar-refractivity contribution in [1.82, 2.24) is 5.32 Å². The van der Waals surface area contributed by atoms with Crippen LogP contribution in [0.25, 0.3) is 0 Å². The summed E-state index contributed by atoms with van der Waals surface area (Å²) in [5.74, 6) is -0.352. The minimum atomic E-state index is -4.39. The number of rotatable bonds is 4. The van der Waals surface area contributed by atoms with Crippen LogP contribution in [0.2, 0.25) is 0 Å². The van der Waals surface area contributed by atoms with E-state index < -0.39 is 11.7 Å². The van der Waals surface area contributed by atoms with Crippen molar-refractivity contribution in [2.75, 3.05) is 6.54 Å². The number of nitrogens with one attached hydrogen (secondary N) is 1. The van der Waals surface area contributed by atoms with E-state index in [1.807, 2.05) is 0 Å². The van der Waals surface area contributed by atoms with Gasteiger partial charge in [0.1, 0.15) is 0 Å². The maximum Gasteiger partial charge on any atom is 0.416 e. The van der Waals surface area contributed by atoms with E-state index in [9.17, 15) is 18.0 Å². The maximum atomic E-state index is 12.4. The van der Waals surface area contributed by atoms with Crippen LogP contribution in [0, 0.1) is 0 Å². The lowest BCUT2D eigenvalue weighted by Gasteiger charge is -2.09. The van der Waals surface area contributed by atoms with Gasteiger partial charge in [0.25, 0.3) is 0 Å². The molecule has 0 bridgehead atoms. The fourth-order valence-electron chi connectivity index (χ4n) is 1.30. The van der Waals surface area contributed by atoms with Gasteiger partial charge in [-0.1, -0.05) is 40.7 Å². The van der Waals surface area contributed by atoms with Gasteiger partial charge in [0.2, 0.25) is 5.91 Å². The van der Waals surface area contributed by atoms with Crippen molar-refractivity contribution in [1.29, 1.82) is 0 Å². The summed E-state index contributed by atoms with van der Waals surface area (Å²) < 4.78 is 37.9. The van der Waals surface area contributed by atoms with Crippen LogP contribution in [0.5, 0.6) is 0 Å². The second kappa shape index (κ2) is 6.04. The van der Waals surface area contributed by atoms with Gasteiger partial charge >= 0.3 is 6.18 Å². The van der Waals surface area contributed by atoms with Gasteiger partial charge in [-0.15, -0.1) is 0 Å². The Balaban J connectivity index is 2.68. The molecular formula is C12H11BrF3NO. The van der Waals surface area contributed by atoms with E-state index in [2.05, 4.69) is 27.8 Å². The highest BCUT2D eigenvalue weighted by Crippen LogP contribution is 2.29. The van der Waals surface area contributed by atoms with Crippen LogP contribution in [0.1, 0.15) is 11.1 Å². The van der Waals surface area contributed by atoms with Crippen LogP contribution < -0.4 is 5.32 Å². The molecule has 1 N–H and O–H groups in total. The molecular weight excluding hydrogens is 311 g/mol. The van der Waals surface area contributed by atoms with Crippen LogP contribution in [0.15, 0.2) is 35.3 Å². The van der Waals surface area contributed by atoms with E-state index in [1.165, 1.54) is 12.1 Å². The van der Waals surface area contributed by atoms with Crippen molar-refractivity contribution in [3.63, 3.8) is 0 Å². The summed E-state index contributed by atoms with van der Waals surface area (Å²) in [7, 11) is 0. The van der Waals surface area contributed by atoms with Crippen molar-refractivity contribution in [3.8, 4) is 0 Å². The van der Waals surface area contributed by atoms with Crippen molar-refractivity contribution in [2.45, 2.75) is 12.6 Å². The molecule has 1 aromatic carbocycles. The lowest BCUT2D eigenvalue weighted by molar-refractivity contribution is -0.137. The molecule has 0 saturated carbocycles. The van der Waals surface area contributed by atoms with Crippen LogP contribution in [0.4, 0.5) is 13.2 Å². The molecule has 0 aromatic heterocycles. The molecule has 6 heteroatoms. The Morgan fingerprint density at radius 1 is 1.39 bits per heavy atom. The zero-order valence-electron chi connectivity index (χ0n) is 9.35. The highest BCUT2D eigenvalue weighted by molar-refractivity contribution is 9.11. The van der Waals surface area contributed by atoms with Gasteiger partial charge in [0.05, 0.1) is 12.0 Å². The van der Waals surface area contributed by atoms with Crippen molar-refractivity contribution >= 4 is 21.8 Å². The predicted molar refractivity (Wildman–Crippen MR) is 66.2 cm³/mol. The highest BCUT2D eigenvalue weighted by Gasteiger charge is 2.30. The number of halogens is 4. The van der Waals surface area contributed by atoms with Crippen molar-refractivity contribution < 1.29 is 18.0 Å².